The van der Waals surface area contributed by atoms with Crippen molar-refractivity contribution in [1.29, 1.82) is 5.26 Å². The smallest absolute Gasteiger partial charge is 0.256 e. The molecule has 0 fully saturated rings. The Labute approximate surface area is 123 Å². The molecule has 0 aliphatic heterocycles. The van der Waals surface area contributed by atoms with E-state index in [1.54, 1.807) is 30.5 Å². The maximum Gasteiger partial charge on any atom is 0.446 e. The van der Waals surface area contributed by atoms with Gasteiger partial charge in [-0.3, -0.25) is 4.98 Å². The number of pyridine rings is 1. The minimum absolute atomic E-state index is 0.107. The number of benzene rings is 1. The molecule has 0 saturated heterocycles. The summed E-state index contributed by atoms with van der Waals surface area (Å²) in [6.45, 7) is 0. The third-order valence-electron chi connectivity index (χ3n) is 2.49. The molecular formula is C15H9F3N2S. The molecule has 0 N–H and O–H groups in total. The molecule has 6 heteroatoms. The van der Waals surface area contributed by atoms with Crippen LogP contribution in [0.2, 0.25) is 0 Å². The lowest BCUT2D eigenvalue weighted by atomic mass is 10.1. The van der Waals surface area contributed by atoms with Crippen LogP contribution < -0.4 is 0 Å². The molecule has 2 nitrogen and oxygen atoms in total. The van der Waals surface area contributed by atoms with Crippen molar-refractivity contribution in [1.82, 2.24) is 4.98 Å². The zero-order valence-corrected chi connectivity index (χ0v) is 11.4. The minimum atomic E-state index is -4.30. The monoisotopic (exact) mass is 306 g/mol. The largest absolute Gasteiger partial charge is 0.446 e. The van der Waals surface area contributed by atoms with Crippen LogP contribution in [0.15, 0.2) is 53.6 Å². The summed E-state index contributed by atoms with van der Waals surface area (Å²) >= 11 is -0.168. The maximum atomic E-state index is 12.2. The van der Waals surface area contributed by atoms with E-state index in [9.17, 15) is 13.2 Å². The van der Waals surface area contributed by atoms with Crippen LogP contribution in [0.4, 0.5) is 13.2 Å². The van der Waals surface area contributed by atoms with E-state index in [1.165, 1.54) is 24.3 Å². The Morgan fingerprint density at radius 3 is 2.38 bits per heavy atom. The quantitative estimate of drug-likeness (QED) is 0.606. The summed E-state index contributed by atoms with van der Waals surface area (Å²) in [6.07, 6.45) is 3.16. The number of halogens is 3. The van der Waals surface area contributed by atoms with Crippen molar-refractivity contribution >= 4 is 23.4 Å². The molecule has 0 aliphatic carbocycles. The summed E-state index contributed by atoms with van der Waals surface area (Å²) < 4.78 is 36.7. The Morgan fingerprint density at radius 2 is 1.86 bits per heavy atom. The fourth-order valence-electron chi connectivity index (χ4n) is 1.62. The van der Waals surface area contributed by atoms with E-state index in [4.69, 9.17) is 5.26 Å². The van der Waals surface area contributed by atoms with Crippen molar-refractivity contribution in [2.45, 2.75) is 10.4 Å². The average Bonchev–Trinajstić information content (AvgIpc) is 2.46. The van der Waals surface area contributed by atoms with Gasteiger partial charge in [-0.05, 0) is 47.7 Å². The van der Waals surface area contributed by atoms with Gasteiger partial charge in [-0.1, -0.05) is 18.2 Å². The van der Waals surface area contributed by atoms with Crippen molar-refractivity contribution in [2.75, 3.05) is 0 Å². The van der Waals surface area contributed by atoms with E-state index in [0.29, 0.717) is 16.8 Å². The summed E-state index contributed by atoms with van der Waals surface area (Å²) in [6, 6.07) is 13.0. The molecule has 1 aromatic heterocycles. The molecule has 0 bridgehead atoms. The molecule has 0 unspecified atom stereocenters. The maximum absolute atomic E-state index is 12.2. The zero-order chi connectivity index (χ0) is 15.3. The summed E-state index contributed by atoms with van der Waals surface area (Å²) in [5.41, 5.74) is -2.78. The molecular weight excluding hydrogens is 297 g/mol. The first kappa shape index (κ1) is 15.1. The lowest BCUT2D eigenvalue weighted by Crippen LogP contribution is -1.98. The van der Waals surface area contributed by atoms with Gasteiger partial charge in [-0.25, -0.2) is 0 Å². The summed E-state index contributed by atoms with van der Waals surface area (Å²) in [5, 5.41) is 9.14. The van der Waals surface area contributed by atoms with Crippen LogP contribution in [0.1, 0.15) is 11.3 Å². The molecule has 0 atom stereocenters. The molecule has 0 spiro atoms. The second-order valence-electron chi connectivity index (χ2n) is 4.00. The highest BCUT2D eigenvalue weighted by Gasteiger charge is 2.28. The van der Waals surface area contributed by atoms with Crippen LogP contribution in [0, 0.1) is 11.3 Å². The van der Waals surface area contributed by atoms with Crippen LogP contribution in [-0.4, -0.2) is 10.5 Å². The predicted molar refractivity (Wildman–Crippen MR) is 76.1 cm³/mol. The first-order valence-corrected chi connectivity index (χ1v) is 6.68. The molecule has 0 radical (unpaired) electrons. The van der Waals surface area contributed by atoms with Gasteiger partial charge in [0, 0.05) is 11.1 Å². The van der Waals surface area contributed by atoms with Crippen LogP contribution in [0.5, 0.6) is 0 Å². The second-order valence-corrected chi connectivity index (χ2v) is 5.14. The number of aromatic nitrogens is 1. The minimum Gasteiger partial charge on any atom is -0.256 e. The molecule has 0 saturated carbocycles. The highest BCUT2D eigenvalue weighted by Crippen LogP contribution is 2.36. The number of allylic oxidation sites excluding steroid dienone is 1. The highest BCUT2D eigenvalue weighted by atomic mass is 32.2. The first-order valence-electron chi connectivity index (χ1n) is 5.87. The normalized spacial score (nSPS) is 12.0. The third-order valence-corrected chi connectivity index (χ3v) is 3.23. The number of rotatable bonds is 3. The van der Waals surface area contributed by atoms with Crippen LogP contribution in [-0.2, 0) is 0 Å². The SMILES string of the molecule is N#CC(=Cc1ccc(SC(F)(F)F)cc1)c1ccccn1. The van der Waals surface area contributed by atoms with Crippen LogP contribution in [0.3, 0.4) is 0 Å². The van der Waals surface area contributed by atoms with Gasteiger partial charge < -0.3 is 0 Å². The van der Waals surface area contributed by atoms with Gasteiger partial charge in [0.25, 0.3) is 0 Å². The second kappa shape index (κ2) is 6.46. The summed E-state index contributed by atoms with van der Waals surface area (Å²) in [7, 11) is 0. The Hall–Kier alpha value is -2.26. The number of nitriles is 1. The van der Waals surface area contributed by atoms with Crippen molar-refractivity contribution < 1.29 is 13.2 Å². The van der Waals surface area contributed by atoms with Crippen molar-refractivity contribution in [3.05, 3.63) is 59.9 Å². The van der Waals surface area contributed by atoms with Gasteiger partial charge in [0.1, 0.15) is 6.07 Å². The van der Waals surface area contributed by atoms with E-state index in [-0.39, 0.29) is 16.7 Å². The van der Waals surface area contributed by atoms with Gasteiger partial charge in [0.05, 0.1) is 11.3 Å². The zero-order valence-electron chi connectivity index (χ0n) is 10.6. The molecule has 106 valence electrons. The standard InChI is InChI=1S/C15H9F3N2S/c16-15(17,18)21-13-6-4-11(5-7-13)9-12(10-19)14-3-1-2-8-20-14/h1-9H. The summed E-state index contributed by atoms with van der Waals surface area (Å²) in [4.78, 5) is 4.18. The number of thioether (sulfide) groups is 1. The lowest BCUT2D eigenvalue weighted by molar-refractivity contribution is -0.0328. The van der Waals surface area contributed by atoms with Crippen molar-refractivity contribution in [3.8, 4) is 6.07 Å². The highest BCUT2D eigenvalue weighted by molar-refractivity contribution is 8.00. The van der Waals surface area contributed by atoms with Gasteiger partial charge in [-0.15, -0.1) is 0 Å². The van der Waals surface area contributed by atoms with Crippen LogP contribution >= 0.6 is 11.8 Å². The van der Waals surface area contributed by atoms with Gasteiger partial charge >= 0.3 is 5.51 Å². The van der Waals surface area contributed by atoms with E-state index in [2.05, 4.69) is 4.98 Å². The molecule has 2 rings (SSSR count). The van der Waals surface area contributed by atoms with E-state index < -0.39 is 5.51 Å². The Bertz CT molecular complexity index is 671. The Kier molecular flexibility index (Phi) is 4.66. The van der Waals surface area contributed by atoms with Gasteiger partial charge in [-0.2, -0.15) is 18.4 Å². The number of alkyl halides is 3. The van der Waals surface area contributed by atoms with Gasteiger partial charge in [0.15, 0.2) is 0 Å². The van der Waals surface area contributed by atoms with Crippen molar-refractivity contribution in [2.24, 2.45) is 0 Å². The van der Waals surface area contributed by atoms with E-state index >= 15 is 0 Å². The van der Waals surface area contributed by atoms with Crippen LogP contribution in [0.25, 0.3) is 11.6 Å². The molecule has 1 heterocycles. The van der Waals surface area contributed by atoms with E-state index in [1.807, 2.05) is 6.07 Å². The summed E-state index contributed by atoms with van der Waals surface area (Å²) in [5.74, 6) is 0. The van der Waals surface area contributed by atoms with Gasteiger partial charge in [0.2, 0.25) is 0 Å². The molecule has 2 aromatic rings. The third kappa shape index (κ3) is 4.65. The first-order chi connectivity index (χ1) is 9.98. The topological polar surface area (TPSA) is 36.7 Å². The molecule has 21 heavy (non-hydrogen) atoms. The number of hydrogen-bond acceptors (Lipinski definition) is 3. The molecule has 1 aromatic carbocycles. The fraction of sp³-hybridized carbons (Fsp3) is 0.0667. The lowest BCUT2D eigenvalue weighted by Gasteiger charge is -2.05. The molecule has 0 aliphatic rings. The number of hydrogen-bond donors (Lipinski definition) is 0. The fourth-order valence-corrected chi connectivity index (χ4v) is 2.16. The Balaban J connectivity index is 2.23. The average molecular weight is 306 g/mol. The van der Waals surface area contributed by atoms with E-state index in [0.717, 1.165) is 0 Å². The molecule has 0 amide bonds. The van der Waals surface area contributed by atoms with Crippen molar-refractivity contribution in [3.63, 3.8) is 0 Å². The predicted octanol–water partition coefficient (Wildman–Crippen LogP) is 4.76. The number of nitrogens with zero attached hydrogens (tertiary/aromatic N) is 2. The Morgan fingerprint density at radius 1 is 1.14 bits per heavy atom.